The van der Waals surface area contributed by atoms with Crippen molar-refractivity contribution in [3.63, 3.8) is 0 Å². The second-order valence-electron chi connectivity index (χ2n) is 3.86. The molecule has 0 saturated carbocycles. The third-order valence-electron chi connectivity index (χ3n) is 2.77. The van der Waals surface area contributed by atoms with E-state index >= 15 is 0 Å². The molecular weight excluding hydrogens is 226 g/mol. The standard InChI is InChI=1S/C11H12ClN3O/c1-11(3-2-4-15-11)8(6-16)9-5-10(12)14-7-13-9/h2-5,7-8,16H,6H2,1H3. The van der Waals surface area contributed by atoms with Crippen molar-refractivity contribution in [1.29, 1.82) is 0 Å². The number of aliphatic hydroxyl groups is 1. The zero-order chi connectivity index (χ0) is 11.6. The summed E-state index contributed by atoms with van der Waals surface area (Å²) in [7, 11) is 0. The zero-order valence-electron chi connectivity index (χ0n) is 8.84. The fraction of sp³-hybridized carbons (Fsp3) is 0.364. The molecule has 5 heteroatoms. The quantitative estimate of drug-likeness (QED) is 0.813. The number of hydrogen-bond acceptors (Lipinski definition) is 4. The van der Waals surface area contributed by atoms with Gasteiger partial charge in [-0.3, -0.25) is 4.99 Å². The lowest BCUT2D eigenvalue weighted by Crippen LogP contribution is -2.30. The molecule has 1 aliphatic rings. The lowest BCUT2D eigenvalue weighted by atomic mass is 9.84. The Hall–Kier alpha value is -1.26. The monoisotopic (exact) mass is 237 g/mol. The van der Waals surface area contributed by atoms with Gasteiger partial charge in [-0.05, 0) is 19.1 Å². The van der Waals surface area contributed by atoms with Crippen molar-refractivity contribution in [3.8, 4) is 0 Å². The molecule has 1 N–H and O–H groups in total. The van der Waals surface area contributed by atoms with Crippen LogP contribution in [0.2, 0.25) is 5.15 Å². The van der Waals surface area contributed by atoms with E-state index in [4.69, 9.17) is 11.6 Å². The maximum absolute atomic E-state index is 9.48. The summed E-state index contributed by atoms with van der Waals surface area (Å²) in [5, 5.41) is 9.86. The van der Waals surface area contributed by atoms with Gasteiger partial charge in [0.1, 0.15) is 11.5 Å². The molecule has 2 atom stereocenters. The van der Waals surface area contributed by atoms with Gasteiger partial charge in [0.05, 0.1) is 23.8 Å². The summed E-state index contributed by atoms with van der Waals surface area (Å²) in [5.74, 6) is -0.206. The molecule has 4 nitrogen and oxygen atoms in total. The average molecular weight is 238 g/mol. The smallest absolute Gasteiger partial charge is 0.132 e. The van der Waals surface area contributed by atoms with E-state index in [0.717, 1.165) is 0 Å². The van der Waals surface area contributed by atoms with E-state index < -0.39 is 5.54 Å². The highest BCUT2D eigenvalue weighted by molar-refractivity contribution is 6.29. The first-order valence-corrected chi connectivity index (χ1v) is 5.35. The molecule has 0 fully saturated rings. The number of nitrogens with zero attached hydrogens (tertiary/aromatic N) is 3. The van der Waals surface area contributed by atoms with Crippen LogP contribution in [0, 0.1) is 0 Å². The summed E-state index contributed by atoms with van der Waals surface area (Å²) < 4.78 is 0. The van der Waals surface area contributed by atoms with Gasteiger partial charge in [0, 0.05) is 6.21 Å². The molecule has 0 spiro atoms. The van der Waals surface area contributed by atoms with Crippen LogP contribution in [-0.2, 0) is 0 Å². The van der Waals surface area contributed by atoms with Crippen LogP contribution in [0.25, 0.3) is 0 Å². The van der Waals surface area contributed by atoms with Gasteiger partial charge in [-0.1, -0.05) is 17.7 Å². The molecule has 2 rings (SSSR count). The lowest BCUT2D eigenvalue weighted by molar-refractivity contribution is 0.230. The Morgan fingerprint density at radius 3 is 2.88 bits per heavy atom. The number of allylic oxidation sites excluding steroid dienone is 1. The molecular formula is C11H12ClN3O. The molecule has 0 bridgehead atoms. The highest BCUT2D eigenvalue weighted by Crippen LogP contribution is 2.33. The maximum Gasteiger partial charge on any atom is 0.132 e. The molecule has 0 radical (unpaired) electrons. The number of rotatable bonds is 3. The molecule has 0 saturated heterocycles. The lowest BCUT2D eigenvalue weighted by Gasteiger charge is -2.27. The van der Waals surface area contributed by atoms with Crippen molar-refractivity contribution < 1.29 is 5.11 Å². The second-order valence-corrected chi connectivity index (χ2v) is 4.25. The minimum atomic E-state index is -0.452. The van der Waals surface area contributed by atoms with Crippen LogP contribution < -0.4 is 0 Å². The molecule has 1 aromatic heterocycles. The van der Waals surface area contributed by atoms with E-state index in [1.165, 1.54) is 6.33 Å². The Bertz CT molecular complexity index is 433. The largest absolute Gasteiger partial charge is 0.396 e. The van der Waals surface area contributed by atoms with Crippen LogP contribution in [0.5, 0.6) is 0 Å². The number of hydrogen-bond donors (Lipinski definition) is 1. The first-order valence-electron chi connectivity index (χ1n) is 4.97. The van der Waals surface area contributed by atoms with Crippen LogP contribution in [0.4, 0.5) is 0 Å². The van der Waals surface area contributed by atoms with Gasteiger partial charge in [0.25, 0.3) is 0 Å². The molecule has 2 unspecified atom stereocenters. The number of aliphatic hydroxyl groups excluding tert-OH is 1. The zero-order valence-corrected chi connectivity index (χ0v) is 9.59. The van der Waals surface area contributed by atoms with Crippen LogP contribution in [0.15, 0.2) is 29.5 Å². The predicted molar refractivity (Wildman–Crippen MR) is 62.9 cm³/mol. The third kappa shape index (κ3) is 1.99. The van der Waals surface area contributed by atoms with E-state index in [2.05, 4.69) is 15.0 Å². The van der Waals surface area contributed by atoms with Gasteiger partial charge >= 0.3 is 0 Å². The fourth-order valence-corrected chi connectivity index (χ4v) is 1.96. The minimum Gasteiger partial charge on any atom is -0.396 e. The number of halogens is 1. The summed E-state index contributed by atoms with van der Waals surface area (Å²) in [5.41, 5.74) is 0.251. The topological polar surface area (TPSA) is 58.4 Å². The molecule has 0 aromatic carbocycles. The van der Waals surface area contributed by atoms with Crippen molar-refractivity contribution in [2.24, 2.45) is 4.99 Å². The summed E-state index contributed by atoms with van der Waals surface area (Å²) in [6.07, 6.45) is 6.94. The van der Waals surface area contributed by atoms with Gasteiger partial charge in [-0.2, -0.15) is 0 Å². The third-order valence-corrected chi connectivity index (χ3v) is 2.98. The van der Waals surface area contributed by atoms with E-state index in [1.807, 2.05) is 19.1 Å². The maximum atomic E-state index is 9.48. The van der Waals surface area contributed by atoms with E-state index in [0.29, 0.717) is 10.8 Å². The van der Waals surface area contributed by atoms with Crippen molar-refractivity contribution in [1.82, 2.24) is 9.97 Å². The molecule has 1 aromatic rings. The highest BCUT2D eigenvalue weighted by atomic mass is 35.5. The number of aromatic nitrogens is 2. The Morgan fingerprint density at radius 1 is 1.50 bits per heavy atom. The van der Waals surface area contributed by atoms with Crippen molar-refractivity contribution in [3.05, 3.63) is 35.4 Å². The summed E-state index contributed by atoms with van der Waals surface area (Å²) in [6.45, 7) is 1.91. The second kappa shape index (κ2) is 4.31. The SMILES string of the molecule is CC1(C(CO)c2cc(Cl)ncn2)C=CC=N1. The Balaban J connectivity index is 2.36. The molecule has 16 heavy (non-hydrogen) atoms. The van der Waals surface area contributed by atoms with Crippen molar-refractivity contribution in [2.45, 2.75) is 18.4 Å². The van der Waals surface area contributed by atoms with Gasteiger partial charge in [0.2, 0.25) is 0 Å². The van der Waals surface area contributed by atoms with Crippen LogP contribution in [-0.4, -0.2) is 33.4 Å². The Labute approximate surface area is 98.7 Å². The highest BCUT2D eigenvalue weighted by Gasteiger charge is 2.34. The molecule has 0 amide bonds. The molecule has 1 aliphatic heterocycles. The fourth-order valence-electron chi connectivity index (χ4n) is 1.81. The van der Waals surface area contributed by atoms with Crippen molar-refractivity contribution >= 4 is 17.8 Å². The molecule has 84 valence electrons. The molecule has 0 aliphatic carbocycles. The first kappa shape index (κ1) is 11.2. The van der Waals surface area contributed by atoms with Gasteiger partial charge in [0.15, 0.2) is 0 Å². The van der Waals surface area contributed by atoms with E-state index in [1.54, 1.807) is 12.3 Å². The van der Waals surface area contributed by atoms with Gasteiger partial charge in [-0.25, -0.2) is 9.97 Å². The Morgan fingerprint density at radius 2 is 2.31 bits per heavy atom. The summed E-state index contributed by atoms with van der Waals surface area (Å²) in [6, 6.07) is 1.66. The van der Waals surface area contributed by atoms with Gasteiger partial charge in [-0.15, -0.1) is 0 Å². The first-order chi connectivity index (χ1) is 7.65. The van der Waals surface area contributed by atoms with Crippen LogP contribution in [0.1, 0.15) is 18.5 Å². The normalized spacial score (nSPS) is 24.9. The summed E-state index contributed by atoms with van der Waals surface area (Å²) >= 11 is 5.81. The van der Waals surface area contributed by atoms with Crippen LogP contribution >= 0.6 is 11.6 Å². The minimum absolute atomic E-state index is 0.0362. The molecule has 2 heterocycles. The van der Waals surface area contributed by atoms with Gasteiger partial charge < -0.3 is 5.11 Å². The Kier molecular flexibility index (Phi) is 3.03. The van der Waals surface area contributed by atoms with E-state index in [9.17, 15) is 5.11 Å². The van der Waals surface area contributed by atoms with E-state index in [-0.39, 0.29) is 12.5 Å². The van der Waals surface area contributed by atoms with Crippen molar-refractivity contribution in [2.75, 3.05) is 6.61 Å². The van der Waals surface area contributed by atoms with Crippen LogP contribution in [0.3, 0.4) is 0 Å². The summed E-state index contributed by atoms with van der Waals surface area (Å²) in [4.78, 5) is 12.3. The average Bonchev–Trinajstić information content (AvgIpc) is 2.67. The number of aliphatic imine (C=N–C) groups is 1. The predicted octanol–water partition coefficient (Wildman–Crippen LogP) is 1.61.